The normalized spacial score (nSPS) is 11.3. The van der Waals surface area contributed by atoms with Crippen LogP contribution in [0.15, 0.2) is 45.4 Å². The Labute approximate surface area is 156 Å². The zero-order valence-electron chi connectivity index (χ0n) is 13.4. The largest absolute Gasteiger partial charge is 0.302 e. The standard InChI is InChI=1S/C15H13N7S3/c1-3-22-12(9-5-4-6-16-7-9)20-21-14(22)25-13-10-11(17-8-18-13)19-15(23-2)24-10/h4-8H,3H2,1-2H3. The molecule has 0 saturated carbocycles. The van der Waals surface area contributed by atoms with Crippen LogP contribution < -0.4 is 0 Å². The van der Waals surface area contributed by atoms with Gasteiger partial charge in [0.05, 0.1) is 0 Å². The molecule has 0 aliphatic carbocycles. The first-order chi connectivity index (χ1) is 12.3. The smallest absolute Gasteiger partial charge is 0.197 e. The Morgan fingerprint density at radius 2 is 2.16 bits per heavy atom. The van der Waals surface area contributed by atoms with Gasteiger partial charge in [0.2, 0.25) is 0 Å². The summed E-state index contributed by atoms with van der Waals surface area (Å²) in [6, 6.07) is 3.88. The summed E-state index contributed by atoms with van der Waals surface area (Å²) >= 11 is 4.69. The van der Waals surface area contributed by atoms with Crippen LogP contribution in [0, 0.1) is 0 Å². The highest BCUT2D eigenvalue weighted by molar-refractivity contribution is 8.00. The Morgan fingerprint density at radius 3 is 2.92 bits per heavy atom. The topological polar surface area (TPSA) is 82.3 Å². The zero-order valence-corrected chi connectivity index (χ0v) is 15.9. The Bertz CT molecular complexity index is 1010. The van der Waals surface area contributed by atoms with E-state index in [2.05, 4.69) is 41.6 Å². The van der Waals surface area contributed by atoms with Gasteiger partial charge in [-0.05, 0) is 37.1 Å². The summed E-state index contributed by atoms with van der Waals surface area (Å²) < 4.78 is 4.02. The number of nitrogens with zero attached hydrogens (tertiary/aromatic N) is 7. The van der Waals surface area contributed by atoms with Crippen LogP contribution in [-0.4, -0.2) is 41.0 Å². The summed E-state index contributed by atoms with van der Waals surface area (Å²) in [5.41, 5.74) is 1.67. The van der Waals surface area contributed by atoms with Gasteiger partial charge in [-0.3, -0.25) is 4.98 Å². The van der Waals surface area contributed by atoms with E-state index in [1.807, 2.05) is 18.4 Å². The highest BCUT2D eigenvalue weighted by atomic mass is 32.2. The summed E-state index contributed by atoms with van der Waals surface area (Å²) in [4.78, 5) is 17.3. The van der Waals surface area contributed by atoms with E-state index in [1.165, 1.54) is 11.8 Å². The maximum Gasteiger partial charge on any atom is 0.197 e. The average Bonchev–Trinajstić information content (AvgIpc) is 3.26. The van der Waals surface area contributed by atoms with Crippen LogP contribution in [0.3, 0.4) is 0 Å². The van der Waals surface area contributed by atoms with E-state index in [-0.39, 0.29) is 0 Å². The molecule has 4 heterocycles. The number of aromatic nitrogens is 7. The van der Waals surface area contributed by atoms with Gasteiger partial charge in [-0.15, -0.1) is 21.5 Å². The third kappa shape index (κ3) is 3.12. The monoisotopic (exact) mass is 387 g/mol. The molecule has 10 heteroatoms. The van der Waals surface area contributed by atoms with Crippen molar-refractivity contribution >= 4 is 45.2 Å². The minimum Gasteiger partial charge on any atom is -0.302 e. The van der Waals surface area contributed by atoms with E-state index >= 15 is 0 Å². The summed E-state index contributed by atoms with van der Waals surface area (Å²) in [5.74, 6) is 0.803. The summed E-state index contributed by atoms with van der Waals surface area (Å²) in [7, 11) is 0. The number of pyridine rings is 1. The van der Waals surface area contributed by atoms with Gasteiger partial charge < -0.3 is 4.57 Å². The molecule has 0 bridgehead atoms. The van der Waals surface area contributed by atoms with Crippen LogP contribution >= 0.6 is 34.9 Å². The van der Waals surface area contributed by atoms with Crippen LogP contribution in [0.5, 0.6) is 0 Å². The molecule has 0 amide bonds. The molecule has 0 aromatic carbocycles. The highest BCUT2D eigenvalue weighted by Crippen LogP contribution is 2.36. The summed E-state index contributed by atoms with van der Waals surface area (Å²) in [6.45, 7) is 2.83. The van der Waals surface area contributed by atoms with Gasteiger partial charge in [-0.1, -0.05) is 11.8 Å². The number of rotatable bonds is 5. The molecule has 0 unspecified atom stereocenters. The number of hydrogen-bond donors (Lipinski definition) is 0. The molecule has 0 N–H and O–H groups in total. The molecule has 0 atom stereocenters. The van der Waals surface area contributed by atoms with Gasteiger partial charge in [-0.2, -0.15) is 0 Å². The van der Waals surface area contributed by atoms with Crippen molar-refractivity contribution in [2.24, 2.45) is 0 Å². The van der Waals surface area contributed by atoms with Crippen molar-refractivity contribution in [3.63, 3.8) is 0 Å². The second-order valence-corrected chi connectivity index (χ2v) is 7.92. The van der Waals surface area contributed by atoms with Crippen molar-refractivity contribution < 1.29 is 0 Å². The maximum absolute atomic E-state index is 4.49. The molecule has 0 radical (unpaired) electrons. The number of thiazole rings is 1. The molecule has 25 heavy (non-hydrogen) atoms. The first kappa shape index (κ1) is 16.4. The first-order valence-electron chi connectivity index (χ1n) is 7.47. The van der Waals surface area contributed by atoms with Crippen molar-refractivity contribution in [2.75, 3.05) is 6.26 Å². The lowest BCUT2D eigenvalue weighted by Crippen LogP contribution is -2.00. The van der Waals surface area contributed by atoms with Crippen molar-refractivity contribution in [1.29, 1.82) is 0 Å². The molecule has 4 aromatic rings. The van der Waals surface area contributed by atoms with Gasteiger partial charge in [0.25, 0.3) is 0 Å². The molecular weight excluding hydrogens is 374 g/mol. The van der Waals surface area contributed by atoms with Gasteiger partial charge in [0.15, 0.2) is 21.0 Å². The third-order valence-electron chi connectivity index (χ3n) is 3.45. The first-order valence-corrected chi connectivity index (χ1v) is 10.3. The summed E-state index contributed by atoms with van der Waals surface area (Å²) in [6.07, 6.45) is 7.09. The van der Waals surface area contributed by atoms with Crippen molar-refractivity contribution in [3.05, 3.63) is 30.9 Å². The van der Waals surface area contributed by atoms with E-state index in [0.29, 0.717) is 0 Å². The molecule has 4 rings (SSSR count). The van der Waals surface area contributed by atoms with Crippen molar-refractivity contribution in [2.45, 2.75) is 28.0 Å². The minimum absolute atomic E-state index is 0.724. The van der Waals surface area contributed by atoms with Crippen molar-refractivity contribution in [3.8, 4) is 11.4 Å². The van der Waals surface area contributed by atoms with E-state index in [4.69, 9.17) is 0 Å². The molecule has 7 nitrogen and oxygen atoms in total. The fourth-order valence-corrected chi connectivity index (χ4v) is 4.83. The zero-order chi connectivity index (χ0) is 17.2. The molecule has 126 valence electrons. The lowest BCUT2D eigenvalue weighted by Gasteiger charge is -2.06. The van der Waals surface area contributed by atoms with Gasteiger partial charge in [-0.25, -0.2) is 15.0 Å². The van der Waals surface area contributed by atoms with E-state index < -0.39 is 0 Å². The molecule has 0 spiro atoms. The van der Waals surface area contributed by atoms with Gasteiger partial charge >= 0.3 is 0 Å². The fraction of sp³-hybridized carbons (Fsp3) is 0.200. The molecular formula is C15H13N7S3. The highest BCUT2D eigenvalue weighted by Gasteiger charge is 2.17. The molecule has 4 aromatic heterocycles. The predicted molar refractivity (Wildman–Crippen MR) is 100 cm³/mol. The Hall–Kier alpha value is -2.04. The lowest BCUT2D eigenvalue weighted by atomic mass is 10.3. The van der Waals surface area contributed by atoms with Crippen LogP contribution in [0.25, 0.3) is 21.7 Å². The van der Waals surface area contributed by atoms with Crippen molar-refractivity contribution in [1.82, 2.24) is 34.7 Å². The molecule has 0 saturated heterocycles. The number of hydrogen-bond acceptors (Lipinski definition) is 9. The quantitative estimate of drug-likeness (QED) is 0.379. The Balaban J connectivity index is 1.75. The maximum atomic E-state index is 4.49. The third-order valence-corrected chi connectivity index (χ3v) is 6.61. The number of thioether (sulfide) groups is 1. The average molecular weight is 388 g/mol. The van der Waals surface area contributed by atoms with Gasteiger partial charge in [0, 0.05) is 24.5 Å². The minimum atomic E-state index is 0.724. The predicted octanol–water partition coefficient (Wildman–Crippen LogP) is 3.63. The fourth-order valence-electron chi connectivity index (χ4n) is 2.32. The molecule has 0 aliphatic rings. The van der Waals surface area contributed by atoms with Crippen LogP contribution in [0.4, 0.5) is 0 Å². The Morgan fingerprint density at radius 1 is 1.24 bits per heavy atom. The second-order valence-electron chi connectivity index (χ2n) is 4.91. The van der Waals surface area contributed by atoms with E-state index in [0.717, 1.165) is 42.8 Å². The van der Waals surface area contributed by atoms with Crippen LogP contribution in [0.1, 0.15) is 6.92 Å². The Kier molecular flexibility index (Phi) is 4.64. The summed E-state index contributed by atoms with van der Waals surface area (Å²) in [5, 5.41) is 10.3. The van der Waals surface area contributed by atoms with Crippen LogP contribution in [-0.2, 0) is 6.54 Å². The van der Waals surface area contributed by atoms with E-state index in [9.17, 15) is 0 Å². The lowest BCUT2D eigenvalue weighted by molar-refractivity contribution is 0.687. The number of fused-ring (bicyclic) bond motifs is 1. The van der Waals surface area contributed by atoms with Gasteiger partial charge in [0.1, 0.15) is 16.1 Å². The second kappa shape index (κ2) is 7.06. The molecule has 0 aliphatic heterocycles. The van der Waals surface area contributed by atoms with E-state index in [1.54, 1.807) is 41.8 Å². The van der Waals surface area contributed by atoms with Crippen LogP contribution in [0.2, 0.25) is 0 Å². The molecule has 0 fully saturated rings. The SMILES string of the molecule is CCn1c(Sc2ncnc3nc(SC)sc23)nnc1-c1cccnc1.